The third kappa shape index (κ3) is 3.19. The summed E-state index contributed by atoms with van der Waals surface area (Å²) in [6, 6.07) is 6.80. The van der Waals surface area contributed by atoms with E-state index in [0.717, 1.165) is 5.75 Å². The molecule has 1 aliphatic heterocycles. The van der Waals surface area contributed by atoms with Crippen molar-refractivity contribution in [2.24, 2.45) is 0 Å². The van der Waals surface area contributed by atoms with E-state index in [9.17, 15) is 0 Å². The van der Waals surface area contributed by atoms with Crippen molar-refractivity contribution in [2.45, 2.75) is 84.2 Å². The Morgan fingerprint density at radius 3 is 2.30 bits per heavy atom. The van der Waals surface area contributed by atoms with Crippen molar-refractivity contribution in [3.05, 3.63) is 29.3 Å². The molecule has 0 unspecified atom stereocenters. The van der Waals surface area contributed by atoms with Crippen LogP contribution >= 0.6 is 0 Å². The summed E-state index contributed by atoms with van der Waals surface area (Å²) in [7, 11) is 0. The van der Waals surface area contributed by atoms with Crippen LogP contribution in [0.4, 0.5) is 0 Å². The standard InChI is InChI=1S/C19H30O/c1-6-11-19(12-7-2)13-10-15-14-16(18(3,4)5)8-9-17(15)20-19/h8-9,14H,6-7,10-13H2,1-5H3. The highest BCUT2D eigenvalue weighted by Crippen LogP contribution is 2.40. The molecule has 0 radical (unpaired) electrons. The van der Waals surface area contributed by atoms with Gasteiger partial charge in [-0.25, -0.2) is 0 Å². The first kappa shape index (κ1) is 15.4. The van der Waals surface area contributed by atoms with Crippen LogP contribution in [-0.4, -0.2) is 5.60 Å². The molecule has 1 aromatic rings. The summed E-state index contributed by atoms with van der Waals surface area (Å²) < 4.78 is 6.47. The number of aryl methyl sites for hydroxylation is 1. The fourth-order valence-corrected chi connectivity index (χ4v) is 3.38. The molecule has 0 N–H and O–H groups in total. The normalized spacial score (nSPS) is 17.4. The first-order valence-corrected chi connectivity index (χ1v) is 8.22. The maximum atomic E-state index is 6.47. The molecule has 1 aromatic carbocycles. The second kappa shape index (κ2) is 5.79. The molecule has 1 aliphatic rings. The Balaban J connectivity index is 2.26. The molecule has 112 valence electrons. The number of hydrogen-bond acceptors (Lipinski definition) is 1. The molecule has 0 fully saturated rings. The van der Waals surface area contributed by atoms with E-state index < -0.39 is 0 Å². The van der Waals surface area contributed by atoms with Crippen molar-refractivity contribution in [3.8, 4) is 5.75 Å². The van der Waals surface area contributed by atoms with E-state index in [-0.39, 0.29) is 11.0 Å². The highest BCUT2D eigenvalue weighted by Gasteiger charge is 2.34. The minimum absolute atomic E-state index is 0.0970. The predicted octanol–water partition coefficient (Wildman–Crippen LogP) is 5.65. The van der Waals surface area contributed by atoms with E-state index in [2.05, 4.69) is 52.8 Å². The second-order valence-corrected chi connectivity index (χ2v) is 7.36. The van der Waals surface area contributed by atoms with Gasteiger partial charge >= 0.3 is 0 Å². The Bertz CT molecular complexity index is 447. The van der Waals surface area contributed by atoms with Crippen molar-refractivity contribution >= 4 is 0 Å². The first-order valence-electron chi connectivity index (χ1n) is 8.22. The van der Waals surface area contributed by atoms with Crippen LogP contribution in [0.25, 0.3) is 0 Å². The molecule has 0 aromatic heterocycles. The van der Waals surface area contributed by atoms with E-state index in [1.165, 1.54) is 49.7 Å². The van der Waals surface area contributed by atoms with Crippen LogP contribution in [-0.2, 0) is 11.8 Å². The zero-order chi connectivity index (χ0) is 14.8. The summed E-state index contributed by atoms with van der Waals surface area (Å²) in [5.74, 6) is 1.13. The molecule has 1 nitrogen and oxygen atoms in total. The van der Waals surface area contributed by atoms with Crippen LogP contribution in [0.3, 0.4) is 0 Å². The van der Waals surface area contributed by atoms with Crippen LogP contribution in [0.1, 0.15) is 77.8 Å². The van der Waals surface area contributed by atoms with Crippen LogP contribution < -0.4 is 4.74 Å². The highest BCUT2D eigenvalue weighted by molar-refractivity contribution is 5.41. The van der Waals surface area contributed by atoms with Gasteiger partial charge in [0, 0.05) is 0 Å². The summed E-state index contributed by atoms with van der Waals surface area (Å²) in [5.41, 5.74) is 3.13. The van der Waals surface area contributed by atoms with Gasteiger partial charge in [-0.2, -0.15) is 0 Å². The van der Waals surface area contributed by atoms with Gasteiger partial charge in [-0.05, 0) is 48.3 Å². The summed E-state index contributed by atoms with van der Waals surface area (Å²) in [5, 5.41) is 0. The monoisotopic (exact) mass is 274 g/mol. The minimum atomic E-state index is 0.0970. The summed E-state index contributed by atoms with van der Waals surface area (Å²) in [6.07, 6.45) is 7.11. The third-order valence-electron chi connectivity index (χ3n) is 4.51. The van der Waals surface area contributed by atoms with E-state index in [1.807, 2.05) is 0 Å². The lowest BCUT2D eigenvalue weighted by molar-refractivity contribution is 0.0275. The Morgan fingerprint density at radius 1 is 1.10 bits per heavy atom. The molecule has 0 saturated heterocycles. The molecule has 0 aliphatic carbocycles. The van der Waals surface area contributed by atoms with Crippen LogP contribution in [0.5, 0.6) is 5.75 Å². The van der Waals surface area contributed by atoms with Gasteiger partial charge in [0.1, 0.15) is 11.4 Å². The van der Waals surface area contributed by atoms with Crippen molar-refractivity contribution in [1.82, 2.24) is 0 Å². The molecule has 0 bridgehead atoms. The molecule has 0 spiro atoms. The van der Waals surface area contributed by atoms with Crippen LogP contribution in [0.2, 0.25) is 0 Å². The van der Waals surface area contributed by atoms with Gasteiger partial charge in [-0.1, -0.05) is 59.6 Å². The SMILES string of the molecule is CCCC1(CCC)CCc2cc(C(C)(C)C)ccc2O1. The molecule has 1 heterocycles. The number of ether oxygens (including phenoxy) is 1. The molecule has 0 amide bonds. The molecular weight excluding hydrogens is 244 g/mol. The largest absolute Gasteiger partial charge is 0.487 e. The fraction of sp³-hybridized carbons (Fsp3) is 0.684. The van der Waals surface area contributed by atoms with Gasteiger partial charge in [0.2, 0.25) is 0 Å². The van der Waals surface area contributed by atoms with Gasteiger partial charge in [0.25, 0.3) is 0 Å². The Morgan fingerprint density at radius 2 is 1.75 bits per heavy atom. The number of rotatable bonds is 4. The summed E-state index contributed by atoms with van der Waals surface area (Å²) >= 11 is 0. The lowest BCUT2D eigenvalue weighted by atomic mass is 9.81. The molecule has 1 heteroatoms. The van der Waals surface area contributed by atoms with Crippen molar-refractivity contribution in [3.63, 3.8) is 0 Å². The van der Waals surface area contributed by atoms with Gasteiger partial charge in [-0.15, -0.1) is 0 Å². The lowest BCUT2D eigenvalue weighted by Gasteiger charge is -2.39. The molecule has 0 saturated carbocycles. The van der Waals surface area contributed by atoms with Crippen molar-refractivity contribution in [1.29, 1.82) is 0 Å². The maximum absolute atomic E-state index is 6.47. The van der Waals surface area contributed by atoms with Crippen LogP contribution in [0.15, 0.2) is 18.2 Å². The van der Waals surface area contributed by atoms with Crippen LogP contribution in [0, 0.1) is 0 Å². The number of hydrogen-bond donors (Lipinski definition) is 0. The first-order chi connectivity index (χ1) is 9.40. The highest BCUT2D eigenvalue weighted by atomic mass is 16.5. The second-order valence-electron chi connectivity index (χ2n) is 7.36. The maximum Gasteiger partial charge on any atom is 0.123 e. The van der Waals surface area contributed by atoms with E-state index in [1.54, 1.807) is 0 Å². The van der Waals surface area contributed by atoms with E-state index in [0.29, 0.717) is 0 Å². The van der Waals surface area contributed by atoms with Gasteiger partial charge in [0.15, 0.2) is 0 Å². The van der Waals surface area contributed by atoms with Crippen molar-refractivity contribution in [2.75, 3.05) is 0 Å². The van der Waals surface area contributed by atoms with Crippen molar-refractivity contribution < 1.29 is 4.74 Å². The van der Waals surface area contributed by atoms with Gasteiger partial charge < -0.3 is 4.74 Å². The minimum Gasteiger partial charge on any atom is -0.487 e. The zero-order valence-electron chi connectivity index (χ0n) is 13.9. The Labute approximate surface area is 124 Å². The van der Waals surface area contributed by atoms with Gasteiger partial charge in [0.05, 0.1) is 0 Å². The van der Waals surface area contributed by atoms with Gasteiger partial charge in [-0.3, -0.25) is 0 Å². The molecule has 20 heavy (non-hydrogen) atoms. The molecule has 2 rings (SSSR count). The number of fused-ring (bicyclic) bond motifs is 1. The quantitative estimate of drug-likeness (QED) is 0.689. The summed E-state index contributed by atoms with van der Waals surface area (Å²) in [4.78, 5) is 0. The van der Waals surface area contributed by atoms with E-state index >= 15 is 0 Å². The third-order valence-corrected chi connectivity index (χ3v) is 4.51. The zero-order valence-corrected chi connectivity index (χ0v) is 13.9. The topological polar surface area (TPSA) is 9.23 Å². The average molecular weight is 274 g/mol. The van der Waals surface area contributed by atoms with E-state index in [4.69, 9.17) is 4.74 Å². The lowest BCUT2D eigenvalue weighted by Crippen LogP contribution is -2.39. The fourth-order valence-electron chi connectivity index (χ4n) is 3.38. The predicted molar refractivity (Wildman–Crippen MR) is 86.6 cm³/mol. The Kier molecular flexibility index (Phi) is 4.46. The Hall–Kier alpha value is -0.980. The average Bonchev–Trinajstić information content (AvgIpc) is 2.37. The molecular formula is C19H30O. The smallest absolute Gasteiger partial charge is 0.123 e. The molecule has 0 atom stereocenters. The number of benzene rings is 1. The summed E-state index contributed by atoms with van der Waals surface area (Å²) in [6.45, 7) is 11.3.